The van der Waals surface area contributed by atoms with E-state index in [-0.39, 0.29) is 18.5 Å². The molecular formula is C21H28F2O4. The predicted octanol–water partition coefficient (Wildman–Crippen LogP) is 4.23. The van der Waals surface area contributed by atoms with E-state index in [1.807, 2.05) is 0 Å². The second-order valence-corrected chi connectivity index (χ2v) is 7.16. The smallest absolute Gasteiger partial charge is 0.164 e. The van der Waals surface area contributed by atoms with Crippen molar-refractivity contribution in [1.82, 2.24) is 0 Å². The fourth-order valence-electron chi connectivity index (χ4n) is 3.23. The van der Waals surface area contributed by atoms with Crippen LogP contribution in [0.15, 0.2) is 30.4 Å². The lowest BCUT2D eigenvalue weighted by Crippen LogP contribution is -2.44. The molecule has 0 aliphatic carbocycles. The monoisotopic (exact) mass is 382 g/mol. The molecule has 2 saturated heterocycles. The van der Waals surface area contributed by atoms with Crippen molar-refractivity contribution in [2.45, 2.75) is 45.2 Å². The SMILES string of the molecule is CCC/C=C/[C@H]1CO[C@H]([C@H]2CO[C@H](CCc3ccc(F)c(F)c3)OC2)OC1. The minimum absolute atomic E-state index is 0.0464. The molecule has 2 aliphatic rings. The van der Waals surface area contributed by atoms with Crippen molar-refractivity contribution in [3.05, 3.63) is 47.5 Å². The first-order valence-corrected chi connectivity index (χ1v) is 9.72. The minimum Gasteiger partial charge on any atom is -0.352 e. The summed E-state index contributed by atoms with van der Waals surface area (Å²) in [6, 6.07) is 3.95. The average molecular weight is 382 g/mol. The number of unbranched alkanes of at least 4 members (excludes halogenated alkanes) is 1. The third-order valence-corrected chi connectivity index (χ3v) is 4.84. The Kier molecular flexibility index (Phi) is 7.76. The maximum absolute atomic E-state index is 13.2. The fraction of sp³-hybridized carbons (Fsp3) is 0.619. The Bertz CT molecular complexity index is 606. The highest BCUT2D eigenvalue weighted by atomic mass is 19.2. The minimum atomic E-state index is -0.831. The lowest BCUT2D eigenvalue weighted by molar-refractivity contribution is -0.278. The van der Waals surface area contributed by atoms with Crippen LogP contribution in [0.3, 0.4) is 0 Å². The quantitative estimate of drug-likeness (QED) is 0.662. The number of ether oxygens (including phenoxy) is 4. The highest BCUT2D eigenvalue weighted by molar-refractivity contribution is 5.17. The van der Waals surface area contributed by atoms with Gasteiger partial charge in [-0.2, -0.15) is 0 Å². The number of benzene rings is 1. The molecule has 2 fully saturated rings. The van der Waals surface area contributed by atoms with Crippen LogP contribution in [0, 0.1) is 23.5 Å². The Morgan fingerprint density at radius 1 is 1.00 bits per heavy atom. The molecular weight excluding hydrogens is 354 g/mol. The van der Waals surface area contributed by atoms with Crippen molar-refractivity contribution in [2.75, 3.05) is 26.4 Å². The van der Waals surface area contributed by atoms with E-state index in [1.165, 1.54) is 6.07 Å². The summed E-state index contributed by atoms with van der Waals surface area (Å²) in [6.07, 6.45) is 7.08. The summed E-state index contributed by atoms with van der Waals surface area (Å²) in [5.74, 6) is -1.30. The van der Waals surface area contributed by atoms with E-state index in [4.69, 9.17) is 18.9 Å². The van der Waals surface area contributed by atoms with Crippen LogP contribution in [-0.4, -0.2) is 39.0 Å². The summed E-state index contributed by atoms with van der Waals surface area (Å²) >= 11 is 0. The molecule has 0 aromatic heterocycles. The predicted molar refractivity (Wildman–Crippen MR) is 97.1 cm³/mol. The molecule has 150 valence electrons. The summed E-state index contributed by atoms with van der Waals surface area (Å²) in [7, 11) is 0. The maximum Gasteiger partial charge on any atom is 0.164 e. The van der Waals surface area contributed by atoms with Crippen LogP contribution in [0.2, 0.25) is 0 Å². The van der Waals surface area contributed by atoms with E-state index < -0.39 is 11.6 Å². The Morgan fingerprint density at radius 3 is 2.41 bits per heavy atom. The van der Waals surface area contributed by atoms with Crippen LogP contribution >= 0.6 is 0 Å². The van der Waals surface area contributed by atoms with Gasteiger partial charge in [0, 0.05) is 12.3 Å². The Morgan fingerprint density at radius 2 is 1.74 bits per heavy atom. The normalized spacial score (nSPS) is 29.3. The van der Waals surface area contributed by atoms with Crippen LogP contribution in [0.4, 0.5) is 8.78 Å². The summed E-state index contributed by atoms with van der Waals surface area (Å²) in [5, 5.41) is 0. The van der Waals surface area contributed by atoms with Crippen LogP contribution in [-0.2, 0) is 25.4 Å². The molecule has 0 radical (unpaired) electrons. The molecule has 0 amide bonds. The van der Waals surface area contributed by atoms with Gasteiger partial charge in [0.05, 0.1) is 32.3 Å². The number of rotatable bonds is 7. The molecule has 2 aliphatic heterocycles. The summed E-state index contributed by atoms with van der Waals surface area (Å²) in [5.41, 5.74) is 0.726. The molecule has 27 heavy (non-hydrogen) atoms. The van der Waals surface area contributed by atoms with Gasteiger partial charge in [0.25, 0.3) is 0 Å². The van der Waals surface area contributed by atoms with Gasteiger partial charge >= 0.3 is 0 Å². The van der Waals surface area contributed by atoms with E-state index in [2.05, 4.69) is 19.1 Å². The molecule has 0 unspecified atom stereocenters. The average Bonchev–Trinajstić information content (AvgIpc) is 2.70. The zero-order chi connectivity index (χ0) is 19.1. The topological polar surface area (TPSA) is 36.9 Å². The molecule has 0 N–H and O–H groups in total. The van der Waals surface area contributed by atoms with Crippen molar-refractivity contribution in [3.63, 3.8) is 0 Å². The lowest BCUT2D eigenvalue weighted by Gasteiger charge is -2.37. The lowest BCUT2D eigenvalue weighted by atomic mass is 10.1. The number of hydrogen-bond acceptors (Lipinski definition) is 4. The highest BCUT2D eigenvalue weighted by Gasteiger charge is 2.33. The molecule has 0 spiro atoms. The molecule has 3 rings (SSSR count). The van der Waals surface area contributed by atoms with Crippen molar-refractivity contribution >= 4 is 0 Å². The molecule has 0 atom stereocenters. The third kappa shape index (κ3) is 6.07. The summed E-state index contributed by atoms with van der Waals surface area (Å²) in [4.78, 5) is 0. The van der Waals surface area contributed by atoms with Crippen LogP contribution in [0.1, 0.15) is 31.7 Å². The first-order chi connectivity index (χ1) is 13.2. The molecule has 2 heterocycles. The molecule has 0 saturated carbocycles. The summed E-state index contributed by atoms with van der Waals surface area (Å²) in [6.45, 7) is 4.47. The van der Waals surface area contributed by atoms with Gasteiger partial charge in [-0.05, 0) is 30.5 Å². The van der Waals surface area contributed by atoms with E-state index >= 15 is 0 Å². The highest BCUT2D eigenvalue weighted by Crippen LogP contribution is 2.24. The van der Waals surface area contributed by atoms with Crippen molar-refractivity contribution in [3.8, 4) is 0 Å². The van der Waals surface area contributed by atoms with Crippen LogP contribution in [0.5, 0.6) is 0 Å². The largest absolute Gasteiger partial charge is 0.352 e. The van der Waals surface area contributed by atoms with Gasteiger partial charge in [0.1, 0.15) is 0 Å². The van der Waals surface area contributed by atoms with Crippen LogP contribution < -0.4 is 0 Å². The number of aryl methyl sites for hydroxylation is 1. The third-order valence-electron chi connectivity index (χ3n) is 4.84. The molecule has 4 nitrogen and oxygen atoms in total. The van der Waals surface area contributed by atoms with Gasteiger partial charge in [-0.1, -0.05) is 31.6 Å². The maximum atomic E-state index is 13.2. The van der Waals surface area contributed by atoms with Gasteiger partial charge in [0.15, 0.2) is 24.2 Å². The van der Waals surface area contributed by atoms with E-state index in [0.717, 1.165) is 24.5 Å². The van der Waals surface area contributed by atoms with Gasteiger partial charge in [-0.15, -0.1) is 0 Å². The fourth-order valence-corrected chi connectivity index (χ4v) is 3.23. The molecule has 1 aromatic rings. The molecule has 1 aromatic carbocycles. The van der Waals surface area contributed by atoms with Gasteiger partial charge in [-0.3, -0.25) is 0 Å². The van der Waals surface area contributed by atoms with Gasteiger partial charge in [0.2, 0.25) is 0 Å². The van der Waals surface area contributed by atoms with Crippen molar-refractivity contribution in [1.29, 1.82) is 0 Å². The van der Waals surface area contributed by atoms with E-state index in [1.54, 1.807) is 6.07 Å². The number of allylic oxidation sites excluding steroid dienone is 1. The van der Waals surface area contributed by atoms with Crippen LogP contribution in [0.25, 0.3) is 0 Å². The Balaban J connectivity index is 1.36. The number of hydrogen-bond donors (Lipinski definition) is 0. The standard InChI is InChI=1S/C21H28F2O4/c1-2-3-4-5-16-11-26-21(27-12-16)17-13-24-20(25-14-17)9-7-15-6-8-18(22)19(23)10-15/h4-6,8,10,16-17,20-21H,2-3,7,9,11-14H2,1H3/b5-4+/t16-,17-,20-,21-. The van der Waals surface area contributed by atoms with Crippen molar-refractivity contribution in [2.24, 2.45) is 11.8 Å². The van der Waals surface area contributed by atoms with Gasteiger partial charge in [-0.25, -0.2) is 8.78 Å². The van der Waals surface area contributed by atoms with E-state index in [9.17, 15) is 8.78 Å². The van der Waals surface area contributed by atoms with Crippen molar-refractivity contribution < 1.29 is 27.7 Å². The first-order valence-electron chi connectivity index (χ1n) is 9.72. The second-order valence-electron chi connectivity index (χ2n) is 7.16. The van der Waals surface area contributed by atoms with E-state index in [0.29, 0.717) is 45.2 Å². The molecule has 0 bridgehead atoms. The Hall–Kier alpha value is -1.34. The van der Waals surface area contributed by atoms with Gasteiger partial charge < -0.3 is 18.9 Å². The Labute approximate surface area is 159 Å². The first kappa shape index (κ1) is 20.4. The molecule has 6 heteroatoms. The zero-order valence-electron chi connectivity index (χ0n) is 15.7. The second kappa shape index (κ2) is 10.3. The number of halogens is 2. The summed E-state index contributed by atoms with van der Waals surface area (Å²) < 4.78 is 49.4. The zero-order valence-corrected chi connectivity index (χ0v) is 15.7.